The number of nitrogens with zero attached hydrogens (tertiary/aromatic N) is 3. The summed E-state index contributed by atoms with van der Waals surface area (Å²) in [5.74, 6) is 0.215. The number of piperidine rings is 1. The maximum Gasteiger partial charge on any atom is 0.323 e. The number of carbonyl (C=O) groups excluding carboxylic acids is 1. The van der Waals surface area contributed by atoms with Crippen molar-refractivity contribution in [1.29, 1.82) is 0 Å². The lowest BCUT2D eigenvalue weighted by Crippen LogP contribution is -2.42. The molecule has 1 fully saturated rings. The number of aryl methyl sites for hydroxylation is 1. The number of nitrogens with one attached hydrogen (secondary N) is 1. The second-order valence-corrected chi connectivity index (χ2v) is 5.94. The zero-order valence-corrected chi connectivity index (χ0v) is 12.4. The van der Waals surface area contributed by atoms with E-state index in [2.05, 4.69) is 10.2 Å². The van der Waals surface area contributed by atoms with Crippen molar-refractivity contribution >= 4 is 23.4 Å². The van der Waals surface area contributed by atoms with E-state index in [-0.39, 0.29) is 28.4 Å². The monoisotopic (exact) mass is 298 g/mol. The van der Waals surface area contributed by atoms with E-state index in [1.807, 2.05) is 11.8 Å². The lowest BCUT2D eigenvalue weighted by Gasteiger charge is -2.33. The second kappa shape index (κ2) is 6.25. The van der Waals surface area contributed by atoms with Crippen molar-refractivity contribution in [2.75, 3.05) is 12.3 Å². The largest absolute Gasteiger partial charge is 0.339 e. The molecule has 8 heteroatoms. The summed E-state index contributed by atoms with van der Waals surface area (Å²) in [7, 11) is 0. The third-order valence-electron chi connectivity index (χ3n) is 3.52. The lowest BCUT2D eigenvalue weighted by atomic mass is 10.0. The Morgan fingerprint density at radius 3 is 3.00 bits per heavy atom. The Hall–Kier alpha value is -1.57. The average Bonchev–Trinajstić information content (AvgIpc) is 2.78. The second-order valence-electron chi connectivity index (χ2n) is 4.98. The van der Waals surface area contributed by atoms with Crippen LogP contribution in [-0.4, -0.2) is 44.3 Å². The van der Waals surface area contributed by atoms with Crippen molar-refractivity contribution in [2.45, 2.75) is 44.2 Å². The number of amides is 1. The number of thioether (sulfide) groups is 1. The number of aromatic amines is 1. The summed E-state index contributed by atoms with van der Waals surface area (Å²) >= 11 is 1.12. The van der Waals surface area contributed by atoms with E-state index in [1.165, 1.54) is 0 Å². The molecule has 1 N–H and O–H groups in total. The Balaban J connectivity index is 1.98. The first-order valence-electron chi connectivity index (χ1n) is 6.62. The van der Waals surface area contributed by atoms with Crippen LogP contribution in [0.4, 0.5) is 5.69 Å². The highest BCUT2D eigenvalue weighted by Gasteiger charge is 2.26. The Morgan fingerprint density at radius 1 is 1.60 bits per heavy atom. The minimum absolute atomic E-state index is 0.0251. The maximum atomic E-state index is 12.2. The van der Waals surface area contributed by atoms with Gasteiger partial charge in [-0.2, -0.15) is 5.10 Å². The first kappa shape index (κ1) is 14.8. The number of hydrogen-bond donors (Lipinski definition) is 1. The molecule has 0 radical (unpaired) electrons. The van der Waals surface area contributed by atoms with E-state index in [0.29, 0.717) is 5.69 Å². The van der Waals surface area contributed by atoms with Crippen LogP contribution in [0, 0.1) is 17.0 Å². The van der Waals surface area contributed by atoms with E-state index >= 15 is 0 Å². The topological polar surface area (TPSA) is 92.1 Å². The number of rotatable bonds is 4. The van der Waals surface area contributed by atoms with E-state index < -0.39 is 4.92 Å². The molecular weight excluding hydrogens is 280 g/mol. The molecule has 0 bridgehead atoms. The van der Waals surface area contributed by atoms with Gasteiger partial charge >= 0.3 is 5.69 Å². The number of aromatic nitrogens is 2. The molecule has 1 amide bonds. The molecule has 1 aliphatic rings. The Bertz CT molecular complexity index is 517. The predicted molar refractivity (Wildman–Crippen MR) is 75.7 cm³/mol. The minimum Gasteiger partial charge on any atom is -0.339 e. The lowest BCUT2D eigenvalue weighted by molar-refractivity contribution is -0.388. The molecule has 7 nitrogen and oxygen atoms in total. The molecule has 0 saturated carbocycles. The van der Waals surface area contributed by atoms with Crippen LogP contribution in [-0.2, 0) is 4.79 Å². The third kappa shape index (κ3) is 3.12. The van der Waals surface area contributed by atoms with Crippen molar-refractivity contribution < 1.29 is 9.72 Å². The van der Waals surface area contributed by atoms with Crippen LogP contribution in [0.3, 0.4) is 0 Å². The van der Waals surface area contributed by atoms with Crippen LogP contribution >= 0.6 is 11.8 Å². The molecule has 20 heavy (non-hydrogen) atoms. The first-order chi connectivity index (χ1) is 9.50. The van der Waals surface area contributed by atoms with Crippen molar-refractivity contribution in [3.63, 3.8) is 0 Å². The van der Waals surface area contributed by atoms with Gasteiger partial charge in [0.1, 0.15) is 5.69 Å². The minimum atomic E-state index is -0.463. The fourth-order valence-corrected chi connectivity index (χ4v) is 3.30. The highest BCUT2D eigenvalue weighted by Crippen LogP contribution is 2.30. The van der Waals surface area contributed by atoms with Crippen LogP contribution in [0.2, 0.25) is 0 Å². The summed E-state index contributed by atoms with van der Waals surface area (Å²) in [5, 5.41) is 17.7. The van der Waals surface area contributed by atoms with E-state index in [9.17, 15) is 14.9 Å². The third-order valence-corrected chi connectivity index (χ3v) is 4.47. The smallest absolute Gasteiger partial charge is 0.323 e. The Kier molecular flexibility index (Phi) is 4.64. The Morgan fingerprint density at radius 2 is 2.35 bits per heavy atom. The molecule has 110 valence electrons. The molecule has 0 aliphatic carbocycles. The van der Waals surface area contributed by atoms with E-state index in [1.54, 1.807) is 6.92 Å². The van der Waals surface area contributed by atoms with Crippen LogP contribution in [0.25, 0.3) is 0 Å². The quantitative estimate of drug-likeness (QED) is 0.522. The zero-order chi connectivity index (χ0) is 14.7. The normalized spacial score (nSPS) is 19.1. The molecule has 0 spiro atoms. The predicted octanol–water partition coefficient (Wildman–Crippen LogP) is 2.12. The van der Waals surface area contributed by atoms with Gasteiger partial charge in [-0.05, 0) is 33.1 Å². The molecule has 1 atom stereocenters. The number of nitro groups is 1. The van der Waals surface area contributed by atoms with Gasteiger partial charge in [-0.3, -0.25) is 20.0 Å². The fourth-order valence-electron chi connectivity index (χ4n) is 2.40. The van der Waals surface area contributed by atoms with Crippen molar-refractivity contribution in [2.24, 2.45) is 0 Å². The molecule has 1 aromatic heterocycles. The van der Waals surface area contributed by atoms with Crippen LogP contribution in [0.5, 0.6) is 0 Å². The van der Waals surface area contributed by atoms with Gasteiger partial charge in [-0.25, -0.2) is 0 Å². The van der Waals surface area contributed by atoms with Crippen molar-refractivity contribution in [3.05, 3.63) is 15.8 Å². The molecule has 0 aromatic carbocycles. The van der Waals surface area contributed by atoms with Crippen LogP contribution in [0.15, 0.2) is 5.03 Å². The summed E-state index contributed by atoms with van der Waals surface area (Å²) in [5.41, 5.74) is 0.380. The van der Waals surface area contributed by atoms with Gasteiger partial charge in [0.2, 0.25) is 5.91 Å². The molecule has 1 aliphatic heterocycles. The zero-order valence-electron chi connectivity index (χ0n) is 11.6. The van der Waals surface area contributed by atoms with Gasteiger partial charge in [0.25, 0.3) is 0 Å². The summed E-state index contributed by atoms with van der Waals surface area (Å²) in [6.07, 6.45) is 3.21. The van der Waals surface area contributed by atoms with E-state index in [0.717, 1.165) is 37.6 Å². The van der Waals surface area contributed by atoms with Gasteiger partial charge in [0, 0.05) is 12.6 Å². The van der Waals surface area contributed by atoms with Gasteiger partial charge in [-0.1, -0.05) is 11.8 Å². The molecule has 1 aromatic rings. The number of likely N-dealkylation sites (tertiary alicyclic amines) is 1. The average molecular weight is 298 g/mol. The molecule has 2 heterocycles. The summed E-state index contributed by atoms with van der Waals surface area (Å²) in [4.78, 5) is 24.5. The highest BCUT2D eigenvalue weighted by atomic mass is 32.2. The van der Waals surface area contributed by atoms with Gasteiger partial charge in [0.05, 0.1) is 10.7 Å². The van der Waals surface area contributed by atoms with Gasteiger partial charge in [0.15, 0.2) is 5.03 Å². The number of carbonyl (C=O) groups is 1. The molecule has 2 rings (SSSR count). The van der Waals surface area contributed by atoms with Crippen LogP contribution in [0.1, 0.15) is 31.9 Å². The Labute approximate surface area is 121 Å². The fraction of sp³-hybridized carbons (Fsp3) is 0.667. The number of H-pyrrole nitrogens is 1. The standard InChI is InChI=1S/C12H18N4O3S/c1-8-5-3-4-6-15(8)10(17)7-20-12-11(16(18)19)9(2)13-14-12/h8H,3-7H2,1-2H3,(H,13,14). The van der Waals surface area contributed by atoms with Crippen LogP contribution < -0.4 is 0 Å². The van der Waals surface area contributed by atoms with Gasteiger partial charge < -0.3 is 4.90 Å². The molecular formula is C12H18N4O3S. The van der Waals surface area contributed by atoms with Gasteiger partial charge in [-0.15, -0.1) is 0 Å². The van der Waals surface area contributed by atoms with Crippen molar-refractivity contribution in [3.8, 4) is 0 Å². The number of hydrogen-bond acceptors (Lipinski definition) is 5. The summed E-state index contributed by atoms with van der Waals surface area (Å²) in [6, 6.07) is 0.257. The maximum absolute atomic E-state index is 12.2. The van der Waals surface area contributed by atoms with Crippen molar-refractivity contribution in [1.82, 2.24) is 15.1 Å². The SMILES string of the molecule is Cc1[nH]nc(SCC(=O)N2CCCCC2C)c1[N+](=O)[O-]. The molecule has 1 unspecified atom stereocenters. The molecule has 1 saturated heterocycles. The first-order valence-corrected chi connectivity index (χ1v) is 7.61. The van der Waals surface area contributed by atoms with E-state index in [4.69, 9.17) is 0 Å². The summed E-state index contributed by atoms with van der Waals surface area (Å²) < 4.78 is 0. The highest BCUT2D eigenvalue weighted by molar-refractivity contribution is 8.00. The summed E-state index contributed by atoms with van der Waals surface area (Å²) in [6.45, 7) is 4.43.